The molecule has 1 aliphatic carbocycles. The zero-order chi connectivity index (χ0) is 16.0. The molecule has 4 nitrogen and oxygen atoms in total. The quantitative estimate of drug-likeness (QED) is 0.599. The van der Waals surface area contributed by atoms with Gasteiger partial charge in [-0.15, -0.1) is 0 Å². The molecule has 5 heteroatoms. The predicted molar refractivity (Wildman–Crippen MR) is 95.5 cm³/mol. The number of guanidine groups is 1. The van der Waals surface area contributed by atoms with Crippen LogP contribution < -0.4 is 10.6 Å². The molecule has 1 fully saturated rings. The SMILES string of the molecule is CN=C(NCC1(c2cccc(Br)c2)CCC1)NC(C)COC. The van der Waals surface area contributed by atoms with E-state index in [2.05, 4.69) is 62.7 Å². The van der Waals surface area contributed by atoms with Gasteiger partial charge in [0.1, 0.15) is 0 Å². The third-order valence-corrected chi connectivity index (χ3v) is 4.86. The van der Waals surface area contributed by atoms with Gasteiger partial charge in [0.2, 0.25) is 0 Å². The molecule has 1 aromatic carbocycles. The first-order valence-electron chi connectivity index (χ1n) is 7.82. The minimum absolute atomic E-state index is 0.228. The molecule has 0 radical (unpaired) electrons. The van der Waals surface area contributed by atoms with Crippen LogP contribution in [-0.4, -0.2) is 39.3 Å². The normalized spacial score (nSPS) is 18.5. The van der Waals surface area contributed by atoms with Crippen molar-refractivity contribution in [2.75, 3.05) is 27.3 Å². The monoisotopic (exact) mass is 367 g/mol. The summed E-state index contributed by atoms with van der Waals surface area (Å²) < 4.78 is 6.30. The molecule has 122 valence electrons. The highest BCUT2D eigenvalue weighted by molar-refractivity contribution is 9.10. The molecular weight excluding hydrogens is 342 g/mol. The average molecular weight is 368 g/mol. The second-order valence-corrected chi connectivity index (χ2v) is 6.99. The van der Waals surface area contributed by atoms with E-state index in [0.29, 0.717) is 6.61 Å². The number of benzene rings is 1. The summed E-state index contributed by atoms with van der Waals surface area (Å²) in [6, 6.07) is 8.91. The van der Waals surface area contributed by atoms with E-state index in [0.717, 1.165) is 17.0 Å². The zero-order valence-corrected chi connectivity index (χ0v) is 15.2. The van der Waals surface area contributed by atoms with Gasteiger partial charge in [0.25, 0.3) is 0 Å². The Morgan fingerprint density at radius 1 is 1.45 bits per heavy atom. The first-order chi connectivity index (χ1) is 10.6. The van der Waals surface area contributed by atoms with Gasteiger partial charge in [-0.1, -0.05) is 34.5 Å². The minimum atomic E-state index is 0.228. The van der Waals surface area contributed by atoms with Crippen molar-refractivity contribution in [2.24, 2.45) is 4.99 Å². The summed E-state index contributed by atoms with van der Waals surface area (Å²) in [6.07, 6.45) is 3.74. The number of rotatable bonds is 6. The molecule has 0 amide bonds. The van der Waals surface area contributed by atoms with Gasteiger partial charge in [0, 0.05) is 36.6 Å². The van der Waals surface area contributed by atoms with E-state index >= 15 is 0 Å². The molecule has 1 atom stereocenters. The Balaban J connectivity index is 1.98. The van der Waals surface area contributed by atoms with E-state index < -0.39 is 0 Å². The Hall–Kier alpha value is -1.07. The van der Waals surface area contributed by atoms with Crippen LogP contribution in [0.3, 0.4) is 0 Å². The molecule has 0 saturated heterocycles. The Morgan fingerprint density at radius 2 is 2.23 bits per heavy atom. The maximum atomic E-state index is 5.16. The smallest absolute Gasteiger partial charge is 0.191 e. The number of methoxy groups -OCH3 is 1. The second-order valence-electron chi connectivity index (χ2n) is 6.07. The van der Waals surface area contributed by atoms with E-state index in [1.165, 1.54) is 24.8 Å². The average Bonchev–Trinajstić information content (AvgIpc) is 2.45. The number of nitrogens with one attached hydrogen (secondary N) is 2. The van der Waals surface area contributed by atoms with Crippen LogP contribution in [0.5, 0.6) is 0 Å². The van der Waals surface area contributed by atoms with E-state index in [9.17, 15) is 0 Å². The molecule has 1 saturated carbocycles. The van der Waals surface area contributed by atoms with Gasteiger partial charge in [-0.2, -0.15) is 0 Å². The molecule has 2 rings (SSSR count). The topological polar surface area (TPSA) is 45.7 Å². The highest BCUT2D eigenvalue weighted by Crippen LogP contribution is 2.43. The Bertz CT molecular complexity index is 514. The molecule has 1 aliphatic rings. The van der Waals surface area contributed by atoms with Crippen molar-refractivity contribution in [1.82, 2.24) is 10.6 Å². The molecule has 22 heavy (non-hydrogen) atoms. The van der Waals surface area contributed by atoms with Crippen LogP contribution in [0.4, 0.5) is 0 Å². The third kappa shape index (κ3) is 4.23. The maximum Gasteiger partial charge on any atom is 0.191 e. The van der Waals surface area contributed by atoms with E-state index in [4.69, 9.17) is 4.74 Å². The van der Waals surface area contributed by atoms with Gasteiger partial charge in [0.15, 0.2) is 5.96 Å². The van der Waals surface area contributed by atoms with Crippen LogP contribution in [0.2, 0.25) is 0 Å². The molecule has 0 aromatic heterocycles. The fraction of sp³-hybridized carbons (Fsp3) is 0.588. The van der Waals surface area contributed by atoms with Crippen molar-refractivity contribution in [1.29, 1.82) is 0 Å². The van der Waals surface area contributed by atoms with Gasteiger partial charge in [0.05, 0.1) is 6.61 Å². The molecule has 1 unspecified atom stereocenters. The molecule has 0 spiro atoms. The zero-order valence-electron chi connectivity index (χ0n) is 13.7. The van der Waals surface area contributed by atoms with Crippen LogP contribution in [0.25, 0.3) is 0 Å². The fourth-order valence-electron chi connectivity index (χ4n) is 2.96. The summed E-state index contributed by atoms with van der Waals surface area (Å²) in [5, 5.41) is 6.84. The van der Waals surface area contributed by atoms with E-state index in [1.807, 2.05) is 0 Å². The Kier molecular flexibility index (Phi) is 6.26. The Morgan fingerprint density at radius 3 is 2.77 bits per heavy atom. The van der Waals surface area contributed by atoms with Gasteiger partial charge < -0.3 is 15.4 Å². The van der Waals surface area contributed by atoms with Crippen molar-refractivity contribution in [3.63, 3.8) is 0 Å². The Labute approximate surface area is 141 Å². The van der Waals surface area contributed by atoms with E-state index in [-0.39, 0.29) is 11.5 Å². The first-order valence-corrected chi connectivity index (χ1v) is 8.61. The summed E-state index contributed by atoms with van der Waals surface area (Å²) in [5.41, 5.74) is 1.63. The van der Waals surface area contributed by atoms with Crippen molar-refractivity contribution in [2.45, 2.75) is 37.6 Å². The number of hydrogen-bond acceptors (Lipinski definition) is 2. The number of ether oxygens (including phenoxy) is 1. The molecule has 0 bridgehead atoms. The van der Waals surface area contributed by atoms with Gasteiger partial charge in [-0.3, -0.25) is 4.99 Å². The van der Waals surface area contributed by atoms with Crippen LogP contribution >= 0.6 is 15.9 Å². The lowest BCUT2D eigenvalue weighted by Gasteiger charge is -2.43. The minimum Gasteiger partial charge on any atom is -0.383 e. The van der Waals surface area contributed by atoms with Crippen LogP contribution in [-0.2, 0) is 10.2 Å². The molecular formula is C17H26BrN3O. The summed E-state index contributed by atoms with van der Waals surface area (Å²) in [4.78, 5) is 4.31. The lowest BCUT2D eigenvalue weighted by molar-refractivity contribution is 0.178. The maximum absolute atomic E-state index is 5.16. The molecule has 1 aromatic rings. The van der Waals surface area contributed by atoms with Gasteiger partial charge in [-0.25, -0.2) is 0 Å². The fourth-order valence-corrected chi connectivity index (χ4v) is 3.36. The highest BCUT2D eigenvalue weighted by atomic mass is 79.9. The number of aliphatic imine (C=N–C) groups is 1. The summed E-state index contributed by atoms with van der Waals surface area (Å²) >= 11 is 3.58. The van der Waals surface area contributed by atoms with Crippen LogP contribution in [0.1, 0.15) is 31.7 Å². The molecule has 0 aliphatic heterocycles. The summed E-state index contributed by atoms with van der Waals surface area (Å²) in [5.74, 6) is 0.839. The van der Waals surface area contributed by atoms with Crippen molar-refractivity contribution < 1.29 is 4.74 Å². The number of hydrogen-bond donors (Lipinski definition) is 2. The summed E-state index contributed by atoms with van der Waals surface area (Å²) in [7, 11) is 3.52. The highest BCUT2D eigenvalue weighted by Gasteiger charge is 2.38. The number of halogens is 1. The lowest BCUT2D eigenvalue weighted by atomic mass is 9.64. The van der Waals surface area contributed by atoms with Crippen molar-refractivity contribution in [3.05, 3.63) is 34.3 Å². The standard InChI is InChI=1S/C17H26BrN3O/c1-13(11-22-3)21-16(19-2)20-12-17(8-5-9-17)14-6-4-7-15(18)10-14/h4,6-7,10,13H,5,8-9,11-12H2,1-3H3,(H2,19,20,21). The van der Waals surface area contributed by atoms with Crippen LogP contribution in [0.15, 0.2) is 33.7 Å². The number of nitrogens with zero attached hydrogens (tertiary/aromatic N) is 1. The second kappa shape index (κ2) is 7.97. The lowest BCUT2D eigenvalue weighted by Crippen LogP contribution is -2.51. The largest absolute Gasteiger partial charge is 0.383 e. The van der Waals surface area contributed by atoms with Gasteiger partial charge >= 0.3 is 0 Å². The van der Waals surface area contributed by atoms with Crippen molar-refractivity contribution in [3.8, 4) is 0 Å². The first kappa shape index (κ1) is 17.3. The molecule has 2 N–H and O–H groups in total. The third-order valence-electron chi connectivity index (χ3n) is 4.37. The molecule has 0 heterocycles. The predicted octanol–water partition coefficient (Wildman–Crippen LogP) is 3.07. The van der Waals surface area contributed by atoms with Gasteiger partial charge in [-0.05, 0) is 37.5 Å². The van der Waals surface area contributed by atoms with Crippen LogP contribution in [0, 0.1) is 0 Å². The van der Waals surface area contributed by atoms with E-state index in [1.54, 1.807) is 14.2 Å². The summed E-state index contributed by atoms with van der Waals surface area (Å²) in [6.45, 7) is 3.66. The van der Waals surface area contributed by atoms with Crippen molar-refractivity contribution >= 4 is 21.9 Å².